The van der Waals surface area contributed by atoms with Gasteiger partial charge in [0.25, 0.3) is 0 Å². The summed E-state index contributed by atoms with van der Waals surface area (Å²) in [5.41, 5.74) is 2.59. The molecule has 1 saturated heterocycles. The van der Waals surface area contributed by atoms with Gasteiger partial charge in [0, 0.05) is 24.6 Å². The van der Waals surface area contributed by atoms with E-state index in [-0.39, 0.29) is 5.41 Å². The first-order chi connectivity index (χ1) is 11.9. The molecule has 0 aromatic heterocycles. The molecular formula is C20H37N3O2+2. The average Bonchev–Trinajstić information content (AvgIpc) is 2.55. The number of allylic oxidation sites excluding steroid dienone is 1. The lowest BCUT2D eigenvalue weighted by atomic mass is 9.74. The maximum Gasteiger partial charge on any atom is 0.166 e. The van der Waals surface area contributed by atoms with Gasteiger partial charge in [0.05, 0.1) is 31.9 Å². The van der Waals surface area contributed by atoms with E-state index in [0.29, 0.717) is 18.2 Å². The molecule has 2 N–H and O–H groups in total. The van der Waals surface area contributed by atoms with Crippen molar-refractivity contribution in [2.45, 2.75) is 53.0 Å². The van der Waals surface area contributed by atoms with E-state index in [9.17, 15) is 4.79 Å². The Hall–Kier alpha value is -0.910. The summed E-state index contributed by atoms with van der Waals surface area (Å²) in [5, 5.41) is 0. The van der Waals surface area contributed by atoms with Crippen molar-refractivity contribution in [2.24, 2.45) is 5.41 Å². The third kappa shape index (κ3) is 4.63. The minimum Gasteiger partial charge on any atom is -0.370 e. The van der Waals surface area contributed by atoms with Gasteiger partial charge in [0.15, 0.2) is 12.5 Å². The fourth-order valence-electron chi connectivity index (χ4n) is 4.60. The van der Waals surface area contributed by atoms with Crippen LogP contribution in [0.15, 0.2) is 11.3 Å². The molecule has 0 radical (unpaired) electrons. The third-order valence-electron chi connectivity index (χ3n) is 6.02. The van der Waals surface area contributed by atoms with Crippen LogP contribution < -0.4 is 9.80 Å². The van der Waals surface area contributed by atoms with Crippen LogP contribution in [0, 0.1) is 5.41 Å². The molecule has 0 aromatic rings. The highest BCUT2D eigenvalue weighted by atomic mass is 16.5. The second-order valence-electron chi connectivity index (χ2n) is 9.23. The van der Waals surface area contributed by atoms with E-state index < -0.39 is 0 Å². The maximum absolute atomic E-state index is 12.8. The van der Waals surface area contributed by atoms with Gasteiger partial charge in [-0.25, -0.2) is 0 Å². The van der Waals surface area contributed by atoms with Gasteiger partial charge in [0.2, 0.25) is 0 Å². The van der Waals surface area contributed by atoms with E-state index >= 15 is 0 Å². The van der Waals surface area contributed by atoms with Crippen LogP contribution in [0.1, 0.15) is 47.0 Å². The number of hydrogen-bond donors (Lipinski definition) is 2. The van der Waals surface area contributed by atoms with E-state index in [0.717, 1.165) is 51.5 Å². The fourth-order valence-corrected chi connectivity index (χ4v) is 4.60. The Morgan fingerprint density at radius 3 is 2.48 bits per heavy atom. The van der Waals surface area contributed by atoms with Crippen molar-refractivity contribution >= 4 is 5.78 Å². The molecule has 2 heterocycles. The third-order valence-corrected chi connectivity index (χ3v) is 6.02. The van der Waals surface area contributed by atoms with E-state index in [1.165, 1.54) is 25.2 Å². The summed E-state index contributed by atoms with van der Waals surface area (Å²) in [6, 6.07) is 0.465. The topological polar surface area (TPSA) is 38.4 Å². The van der Waals surface area contributed by atoms with Gasteiger partial charge in [-0.15, -0.1) is 0 Å². The molecule has 0 aromatic carbocycles. The van der Waals surface area contributed by atoms with Gasteiger partial charge in [-0.05, 0) is 25.7 Å². The monoisotopic (exact) mass is 351 g/mol. The number of ketones is 1. The SMILES string of the molecule is CC(C)N1C[NH+](CCC[NH+]2CCOCC2)CC2=C1CC(C)(C)CC2=O. The number of Topliss-reactive ketones (excluding diaryl/α,β-unsaturated/α-hetero) is 1. The van der Waals surface area contributed by atoms with Crippen molar-refractivity contribution in [1.82, 2.24) is 4.90 Å². The fraction of sp³-hybridized carbons (Fsp3) is 0.850. The molecule has 1 atom stereocenters. The van der Waals surface area contributed by atoms with Crippen molar-refractivity contribution in [3.05, 3.63) is 11.3 Å². The standard InChI is InChI=1S/C20H35N3O2/c1-16(2)23-15-22(7-5-6-21-8-10-25-11-9-21)14-17-18(23)12-20(3,4)13-19(17)24/h16H,5-15H2,1-4H3/p+2. The van der Waals surface area contributed by atoms with E-state index in [4.69, 9.17) is 4.74 Å². The first-order valence-corrected chi connectivity index (χ1v) is 10.1. The van der Waals surface area contributed by atoms with Crippen LogP contribution >= 0.6 is 0 Å². The van der Waals surface area contributed by atoms with Crippen LogP contribution in [0.25, 0.3) is 0 Å². The van der Waals surface area contributed by atoms with E-state index in [2.05, 4.69) is 32.6 Å². The van der Waals surface area contributed by atoms with Crippen LogP contribution in [0.2, 0.25) is 0 Å². The predicted molar refractivity (Wildman–Crippen MR) is 98.6 cm³/mol. The van der Waals surface area contributed by atoms with E-state index in [1.807, 2.05) is 0 Å². The van der Waals surface area contributed by atoms with Gasteiger partial charge in [-0.2, -0.15) is 0 Å². The zero-order valence-corrected chi connectivity index (χ0v) is 16.6. The highest BCUT2D eigenvalue weighted by molar-refractivity contribution is 5.97. The maximum atomic E-state index is 12.8. The second kappa shape index (κ2) is 7.77. The Morgan fingerprint density at radius 1 is 1.12 bits per heavy atom. The summed E-state index contributed by atoms with van der Waals surface area (Å²) in [4.78, 5) is 18.5. The molecule has 0 spiro atoms. The lowest BCUT2D eigenvalue weighted by Crippen LogP contribution is -3.17. The lowest BCUT2D eigenvalue weighted by molar-refractivity contribution is -0.927. The molecule has 3 aliphatic rings. The van der Waals surface area contributed by atoms with Crippen molar-refractivity contribution in [3.63, 3.8) is 0 Å². The molecule has 0 bridgehead atoms. The molecule has 25 heavy (non-hydrogen) atoms. The van der Waals surface area contributed by atoms with Gasteiger partial charge in [-0.1, -0.05) is 13.8 Å². The van der Waals surface area contributed by atoms with Gasteiger partial charge < -0.3 is 19.4 Å². The van der Waals surface area contributed by atoms with Crippen molar-refractivity contribution in [3.8, 4) is 0 Å². The molecule has 1 fully saturated rings. The normalized spacial score (nSPS) is 27.8. The van der Waals surface area contributed by atoms with Crippen molar-refractivity contribution in [2.75, 3.05) is 52.6 Å². The highest BCUT2D eigenvalue weighted by Crippen LogP contribution is 2.38. The number of nitrogens with one attached hydrogen (secondary N) is 2. The molecule has 0 amide bonds. The summed E-state index contributed by atoms with van der Waals surface area (Å²) >= 11 is 0. The molecule has 3 rings (SSSR count). The summed E-state index contributed by atoms with van der Waals surface area (Å²) < 4.78 is 5.45. The molecule has 1 unspecified atom stereocenters. The number of quaternary nitrogens is 2. The summed E-state index contributed by atoms with van der Waals surface area (Å²) in [6.07, 6.45) is 3.00. The van der Waals surface area contributed by atoms with Gasteiger partial charge >= 0.3 is 0 Å². The molecule has 5 nitrogen and oxygen atoms in total. The van der Waals surface area contributed by atoms with Gasteiger partial charge in [0.1, 0.15) is 19.6 Å². The zero-order valence-electron chi connectivity index (χ0n) is 16.6. The van der Waals surface area contributed by atoms with Crippen LogP contribution in [-0.2, 0) is 9.53 Å². The second-order valence-corrected chi connectivity index (χ2v) is 9.23. The van der Waals surface area contributed by atoms with Crippen molar-refractivity contribution < 1.29 is 19.3 Å². The predicted octanol–water partition coefficient (Wildman–Crippen LogP) is -0.499. The molecule has 1 aliphatic carbocycles. The molecule has 0 saturated carbocycles. The first-order valence-electron chi connectivity index (χ1n) is 10.1. The molecule has 142 valence electrons. The molecule has 2 aliphatic heterocycles. The number of ether oxygens (including phenoxy) is 1. The Labute approximate surface area is 153 Å². The first kappa shape index (κ1) is 18.9. The summed E-state index contributed by atoms with van der Waals surface area (Å²) in [5.74, 6) is 0.396. The molecule has 5 heteroatoms. The Kier molecular flexibility index (Phi) is 5.86. The number of hydrogen-bond acceptors (Lipinski definition) is 3. The van der Waals surface area contributed by atoms with Crippen LogP contribution in [0.3, 0.4) is 0 Å². The van der Waals surface area contributed by atoms with Crippen LogP contribution in [0.5, 0.6) is 0 Å². The minimum atomic E-state index is 0.111. The number of carbonyl (C=O) groups is 1. The van der Waals surface area contributed by atoms with Crippen LogP contribution in [0.4, 0.5) is 0 Å². The number of morpholine rings is 1. The quantitative estimate of drug-likeness (QED) is 0.702. The number of rotatable bonds is 5. The Morgan fingerprint density at radius 2 is 1.80 bits per heavy atom. The highest BCUT2D eigenvalue weighted by Gasteiger charge is 2.40. The average molecular weight is 352 g/mol. The Balaban J connectivity index is 1.62. The Bertz CT molecular complexity index is 521. The summed E-state index contributed by atoms with van der Waals surface area (Å²) in [6.45, 7) is 17.5. The largest absolute Gasteiger partial charge is 0.370 e. The zero-order chi connectivity index (χ0) is 18.0. The van der Waals surface area contributed by atoms with E-state index in [1.54, 1.807) is 9.80 Å². The van der Waals surface area contributed by atoms with Crippen LogP contribution in [-0.4, -0.2) is 69.3 Å². The number of carbonyl (C=O) groups excluding carboxylic acids is 1. The minimum absolute atomic E-state index is 0.111. The van der Waals surface area contributed by atoms with Gasteiger partial charge in [-0.3, -0.25) is 4.79 Å². The summed E-state index contributed by atoms with van der Waals surface area (Å²) in [7, 11) is 0. The number of nitrogens with zero attached hydrogens (tertiary/aromatic N) is 1. The van der Waals surface area contributed by atoms with Crippen molar-refractivity contribution in [1.29, 1.82) is 0 Å². The smallest absolute Gasteiger partial charge is 0.166 e. The molecular weight excluding hydrogens is 314 g/mol. The lowest BCUT2D eigenvalue weighted by Gasteiger charge is -2.44.